The van der Waals surface area contributed by atoms with E-state index in [0.717, 1.165) is 39.8 Å². The van der Waals surface area contributed by atoms with E-state index in [1.807, 2.05) is 48.5 Å². The van der Waals surface area contributed by atoms with E-state index in [4.69, 9.17) is 4.74 Å². The summed E-state index contributed by atoms with van der Waals surface area (Å²) in [7, 11) is 0. The summed E-state index contributed by atoms with van der Waals surface area (Å²) in [6.45, 7) is 4.41. The molecular weight excluding hydrogens is 360 g/mol. The van der Waals surface area contributed by atoms with Crippen LogP contribution >= 0.6 is 0 Å². The summed E-state index contributed by atoms with van der Waals surface area (Å²) in [5.41, 5.74) is 4.40. The summed E-state index contributed by atoms with van der Waals surface area (Å²) in [6, 6.07) is 19.9. The monoisotopic (exact) mass is 378 g/mol. The van der Waals surface area contributed by atoms with Crippen molar-refractivity contribution in [2.45, 2.75) is 20.3 Å². The number of carbonyl (C=O) groups is 1. The molecule has 4 nitrogen and oxygen atoms in total. The highest BCUT2D eigenvalue weighted by molar-refractivity contribution is 6.50. The summed E-state index contributed by atoms with van der Waals surface area (Å²) >= 11 is 0. The highest BCUT2D eigenvalue weighted by Crippen LogP contribution is 2.45. The van der Waals surface area contributed by atoms with E-state index < -0.39 is 5.91 Å². The number of nitriles is 1. The lowest BCUT2D eigenvalue weighted by molar-refractivity contribution is -0.113. The van der Waals surface area contributed by atoms with E-state index in [-0.39, 0.29) is 5.57 Å². The largest absolute Gasteiger partial charge is 0.457 e. The predicted octanol–water partition coefficient (Wildman–Crippen LogP) is 5.45. The van der Waals surface area contributed by atoms with Gasteiger partial charge in [-0.25, -0.2) is 4.99 Å². The molecule has 1 heterocycles. The number of aliphatic imine (C=N–C) groups is 1. The lowest BCUT2D eigenvalue weighted by Crippen LogP contribution is -1.95. The summed E-state index contributed by atoms with van der Waals surface area (Å²) in [5, 5.41) is 11.3. The molecule has 2 aliphatic rings. The minimum absolute atomic E-state index is 0.118. The van der Waals surface area contributed by atoms with E-state index >= 15 is 0 Å². The van der Waals surface area contributed by atoms with Crippen LogP contribution in [0.25, 0.3) is 16.3 Å². The van der Waals surface area contributed by atoms with Crippen LogP contribution in [0, 0.1) is 17.2 Å². The first-order valence-electron chi connectivity index (χ1n) is 9.68. The van der Waals surface area contributed by atoms with Crippen molar-refractivity contribution in [1.29, 1.82) is 5.26 Å². The normalized spacial score (nSPS) is 14.4. The van der Waals surface area contributed by atoms with Crippen molar-refractivity contribution < 1.29 is 9.53 Å². The SMILES string of the molecule is CC(C)Cc1ccc(Oc2ccc3c4c(cccc24)C2=C(C#N)C(=O)N=C23)cc1. The maximum Gasteiger partial charge on any atom is 0.288 e. The second kappa shape index (κ2) is 6.42. The van der Waals surface area contributed by atoms with Gasteiger partial charge in [0.2, 0.25) is 0 Å². The predicted molar refractivity (Wildman–Crippen MR) is 113 cm³/mol. The van der Waals surface area contributed by atoms with Gasteiger partial charge >= 0.3 is 0 Å². The van der Waals surface area contributed by atoms with Gasteiger partial charge < -0.3 is 4.74 Å². The molecule has 3 aromatic carbocycles. The molecule has 0 aromatic heterocycles. The topological polar surface area (TPSA) is 62.4 Å². The quantitative estimate of drug-likeness (QED) is 0.606. The molecule has 3 aromatic rings. The van der Waals surface area contributed by atoms with E-state index in [9.17, 15) is 10.1 Å². The molecule has 29 heavy (non-hydrogen) atoms. The molecule has 0 bridgehead atoms. The van der Waals surface area contributed by atoms with Crippen LogP contribution in [-0.2, 0) is 11.2 Å². The van der Waals surface area contributed by atoms with Gasteiger partial charge in [0.15, 0.2) is 0 Å². The molecule has 0 spiro atoms. The molecule has 140 valence electrons. The molecule has 1 amide bonds. The van der Waals surface area contributed by atoms with Crippen molar-refractivity contribution >= 4 is 28.0 Å². The van der Waals surface area contributed by atoms with Crippen molar-refractivity contribution in [3.63, 3.8) is 0 Å². The highest BCUT2D eigenvalue weighted by Gasteiger charge is 2.36. The summed E-state index contributed by atoms with van der Waals surface area (Å²) in [6.07, 6.45) is 1.04. The third kappa shape index (κ3) is 2.67. The van der Waals surface area contributed by atoms with Gasteiger partial charge in [-0.2, -0.15) is 5.26 Å². The van der Waals surface area contributed by atoms with Crippen molar-refractivity contribution in [3.05, 3.63) is 76.9 Å². The number of rotatable bonds is 4. The molecule has 1 aliphatic carbocycles. The first kappa shape index (κ1) is 17.4. The Kier molecular flexibility index (Phi) is 3.85. The number of benzene rings is 3. The molecule has 4 heteroatoms. The smallest absolute Gasteiger partial charge is 0.288 e. The molecule has 0 N–H and O–H groups in total. The minimum Gasteiger partial charge on any atom is -0.457 e. The molecule has 0 unspecified atom stereocenters. The second-order valence-electron chi connectivity index (χ2n) is 7.81. The number of nitrogens with zero attached hydrogens (tertiary/aromatic N) is 2. The van der Waals surface area contributed by atoms with Crippen LogP contribution in [0.3, 0.4) is 0 Å². The Morgan fingerprint density at radius 2 is 1.83 bits per heavy atom. The maximum atomic E-state index is 12.1. The van der Waals surface area contributed by atoms with E-state index in [1.54, 1.807) is 0 Å². The van der Waals surface area contributed by atoms with Gasteiger partial charge in [0.25, 0.3) is 5.91 Å². The number of hydrogen-bond acceptors (Lipinski definition) is 3. The summed E-state index contributed by atoms with van der Waals surface area (Å²) in [4.78, 5) is 16.2. The number of amides is 1. The standard InChI is InChI=1S/C25H18N2O2/c1-14(2)12-15-6-8-16(9-7-15)29-21-11-10-19-22-17(21)4-3-5-18(22)23-20(13-26)25(28)27-24(19)23/h3-11,14H,12H2,1-2H3. The van der Waals surface area contributed by atoms with E-state index in [1.165, 1.54) is 5.56 Å². The molecular formula is C25H18N2O2. The Morgan fingerprint density at radius 1 is 1.03 bits per heavy atom. The average Bonchev–Trinajstić information content (AvgIpc) is 3.19. The molecule has 5 rings (SSSR count). The fourth-order valence-corrected chi connectivity index (χ4v) is 4.17. The van der Waals surface area contributed by atoms with Gasteiger partial charge in [-0.05, 0) is 47.7 Å². The van der Waals surface area contributed by atoms with Gasteiger partial charge in [0.1, 0.15) is 23.1 Å². The lowest BCUT2D eigenvalue weighted by atomic mass is 10.0. The summed E-state index contributed by atoms with van der Waals surface area (Å²) < 4.78 is 6.20. The third-order valence-corrected chi connectivity index (χ3v) is 5.35. The Bertz CT molecular complexity index is 1290. The number of ether oxygens (including phenoxy) is 1. The van der Waals surface area contributed by atoms with Crippen molar-refractivity contribution in [2.75, 3.05) is 0 Å². The zero-order valence-corrected chi connectivity index (χ0v) is 16.2. The fourth-order valence-electron chi connectivity index (χ4n) is 4.17. The molecule has 1 aliphatic heterocycles. The van der Waals surface area contributed by atoms with Crippen LogP contribution in [0.5, 0.6) is 11.5 Å². The fraction of sp³-hybridized carbons (Fsp3) is 0.160. The maximum absolute atomic E-state index is 12.1. The van der Waals surface area contributed by atoms with Crippen LogP contribution in [0.1, 0.15) is 30.5 Å². The van der Waals surface area contributed by atoms with Gasteiger partial charge in [0, 0.05) is 21.9 Å². The Balaban J connectivity index is 1.58. The van der Waals surface area contributed by atoms with Crippen LogP contribution < -0.4 is 4.74 Å². The number of fused-ring (bicyclic) bond motifs is 3. The third-order valence-electron chi connectivity index (χ3n) is 5.35. The van der Waals surface area contributed by atoms with Crippen LogP contribution in [0.2, 0.25) is 0 Å². The van der Waals surface area contributed by atoms with Gasteiger partial charge in [-0.3, -0.25) is 4.79 Å². The van der Waals surface area contributed by atoms with E-state index in [2.05, 4.69) is 31.0 Å². The highest BCUT2D eigenvalue weighted by atomic mass is 16.5. The van der Waals surface area contributed by atoms with Gasteiger partial charge in [-0.1, -0.05) is 44.2 Å². The molecule has 0 saturated carbocycles. The zero-order valence-electron chi connectivity index (χ0n) is 16.2. The van der Waals surface area contributed by atoms with Gasteiger partial charge in [0.05, 0.1) is 5.71 Å². The van der Waals surface area contributed by atoms with Gasteiger partial charge in [-0.15, -0.1) is 0 Å². The Labute approximate surface area is 168 Å². The first-order valence-corrected chi connectivity index (χ1v) is 9.68. The van der Waals surface area contributed by atoms with Crippen molar-refractivity contribution in [3.8, 4) is 17.6 Å². The van der Waals surface area contributed by atoms with Crippen LogP contribution in [-0.4, -0.2) is 11.6 Å². The zero-order chi connectivity index (χ0) is 20.1. The molecule has 0 fully saturated rings. The minimum atomic E-state index is -0.457. The Morgan fingerprint density at radius 3 is 2.55 bits per heavy atom. The number of hydrogen-bond donors (Lipinski definition) is 0. The molecule has 0 atom stereocenters. The van der Waals surface area contributed by atoms with Crippen LogP contribution in [0.15, 0.2) is 65.2 Å². The summed E-state index contributed by atoms with van der Waals surface area (Å²) in [5.74, 6) is 1.68. The molecule has 0 radical (unpaired) electrons. The number of carbonyl (C=O) groups excluding carboxylic acids is 1. The van der Waals surface area contributed by atoms with Crippen LogP contribution in [0.4, 0.5) is 0 Å². The molecule has 0 saturated heterocycles. The van der Waals surface area contributed by atoms with E-state index in [0.29, 0.717) is 17.2 Å². The average molecular weight is 378 g/mol. The Hall–Kier alpha value is -3.71. The van der Waals surface area contributed by atoms with Crippen molar-refractivity contribution in [2.24, 2.45) is 10.9 Å². The lowest BCUT2D eigenvalue weighted by Gasteiger charge is -2.11. The second-order valence-corrected chi connectivity index (χ2v) is 7.81. The first-order chi connectivity index (χ1) is 14.1. The van der Waals surface area contributed by atoms with Crippen molar-refractivity contribution in [1.82, 2.24) is 0 Å². The number of allylic oxidation sites excluding steroid dienone is 1.